The molecule has 0 aliphatic carbocycles. The number of amides is 1. The summed E-state index contributed by atoms with van der Waals surface area (Å²) in [6.07, 6.45) is 0. The van der Waals surface area contributed by atoms with E-state index in [0.717, 1.165) is 0 Å². The lowest BCUT2D eigenvalue weighted by molar-refractivity contribution is 0.102. The Morgan fingerprint density at radius 3 is 2.36 bits per heavy atom. The lowest BCUT2D eigenvalue weighted by atomic mass is 10.1. The molecule has 1 heterocycles. The average molecular weight is 485 g/mol. The first-order valence-electron chi connectivity index (χ1n) is 10.2. The van der Waals surface area contributed by atoms with Crippen LogP contribution in [0.4, 0.5) is 15.8 Å². The average Bonchev–Trinajstić information content (AvgIpc) is 3.19. The maximum atomic E-state index is 14.6. The largest absolute Gasteiger partial charge is 0.489 e. The van der Waals surface area contributed by atoms with Crippen LogP contribution < -0.4 is 14.8 Å². The summed E-state index contributed by atoms with van der Waals surface area (Å²) in [4.78, 5) is 13.4. The van der Waals surface area contributed by atoms with Gasteiger partial charge in [0.1, 0.15) is 23.1 Å². The van der Waals surface area contributed by atoms with Gasteiger partial charge in [0.2, 0.25) is 10.0 Å². The zero-order chi connectivity index (χ0) is 23.4. The van der Waals surface area contributed by atoms with Crippen LogP contribution >= 0.6 is 11.3 Å². The van der Waals surface area contributed by atoms with Crippen molar-refractivity contribution in [3.05, 3.63) is 89.1 Å². The predicted octanol–water partition coefficient (Wildman–Crippen LogP) is 5.63. The maximum Gasteiger partial charge on any atom is 0.266 e. The molecule has 0 saturated carbocycles. The number of halogens is 1. The number of benzene rings is 3. The zero-order valence-electron chi connectivity index (χ0n) is 17.7. The van der Waals surface area contributed by atoms with Crippen molar-refractivity contribution in [2.75, 3.05) is 15.8 Å². The van der Waals surface area contributed by atoms with E-state index in [4.69, 9.17) is 4.74 Å². The Morgan fingerprint density at radius 2 is 1.67 bits per heavy atom. The van der Waals surface area contributed by atoms with Gasteiger partial charge in [0.05, 0.1) is 5.75 Å². The van der Waals surface area contributed by atoms with Gasteiger partial charge >= 0.3 is 0 Å². The van der Waals surface area contributed by atoms with E-state index in [9.17, 15) is 17.6 Å². The second kappa shape index (κ2) is 9.60. The van der Waals surface area contributed by atoms with Gasteiger partial charge in [0.25, 0.3) is 5.91 Å². The van der Waals surface area contributed by atoms with Crippen molar-refractivity contribution in [1.82, 2.24) is 0 Å². The highest BCUT2D eigenvalue weighted by Crippen LogP contribution is 2.34. The van der Waals surface area contributed by atoms with Gasteiger partial charge < -0.3 is 10.1 Å². The molecule has 4 aromatic rings. The third-order valence-electron chi connectivity index (χ3n) is 4.89. The van der Waals surface area contributed by atoms with Crippen LogP contribution in [-0.4, -0.2) is 20.1 Å². The molecule has 9 heteroatoms. The van der Waals surface area contributed by atoms with Crippen LogP contribution in [0.1, 0.15) is 22.2 Å². The van der Waals surface area contributed by atoms with Gasteiger partial charge in [-0.2, -0.15) is 0 Å². The van der Waals surface area contributed by atoms with Crippen LogP contribution in [0.2, 0.25) is 0 Å². The van der Waals surface area contributed by atoms with Crippen LogP contribution in [0.15, 0.2) is 72.8 Å². The first kappa shape index (κ1) is 22.8. The Kier molecular flexibility index (Phi) is 6.62. The molecule has 0 aliphatic heterocycles. The van der Waals surface area contributed by atoms with Crippen LogP contribution in [0.3, 0.4) is 0 Å². The molecular formula is C24H21FN2O4S2. The smallest absolute Gasteiger partial charge is 0.266 e. The number of anilines is 2. The van der Waals surface area contributed by atoms with Crippen molar-refractivity contribution >= 4 is 48.7 Å². The third kappa shape index (κ3) is 5.32. The van der Waals surface area contributed by atoms with Gasteiger partial charge in [-0.05, 0) is 55.5 Å². The second-order valence-electron chi connectivity index (χ2n) is 7.16. The molecule has 170 valence electrons. The second-order valence-corrected chi connectivity index (χ2v) is 10.2. The first-order valence-corrected chi connectivity index (χ1v) is 12.6. The highest BCUT2D eigenvalue weighted by atomic mass is 32.2. The number of para-hydroxylation sites is 1. The van der Waals surface area contributed by atoms with Crippen molar-refractivity contribution < 1.29 is 22.3 Å². The number of fused-ring (bicyclic) bond motifs is 1. The fourth-order valence-electron chi connectivity index (χ4n) is 3.22. The number of carbonyl (C=O) groups excluding carboxylic acids is 1. The molecule has 33 heavy (non-hydrogen) atoms. The van der Waals surface area contributed by atoms with Crippen LogP contribution in [0.5, 0.6) is 5.75 Å². The number of hydrogen-bond donors (Lipinski definition) is 2. The van der Waals surface area contributed by atoms with Crippen molar-refractivity contribution in [3.63, 3.8) is 0 Å². The Hall–Kier alpha value is -3.43. The number of ether oxygens (including phenoxy) is 1. The minimum atomic E-state index is -3.39. The van der Waals surface area contributed by atoms with Gasteiger partial charge in [-0.3, -0.25) is 9.52 Å². The van der Waals surface area contributed by atoms with Crippen molar-refractivity contribution in [1.29, 1.82) is 0 Å². The summed E-state index contributed by atoms with van der Waals surface area (Å²) in [5.41, 5.74) is 1.35. The van der Waals surface area contributed by atoms with E-state index >= 15 is 0 Å². The van der Waals surface area contributed by atoms with Crippen molar-refractivity contribution in [3.8, 4) is 5.75 Å². The van der Waals surface area contributed by atoms with E-state index < -0.39 is 21.7 Å². The van der Waals surface area contributed by atoms with Crippen molar-refractivity contribution in [2.45, 2.75) is 13.5 Å². The zero-order valence-corrected chi connectivity index (χ0v) is 19.3. The molecule has 0 spiro atoms. The van der Waals surface area contributed by atoms with E-state index in [1.54, 1.807) is 55.5 Å². The van der Waals surface area contributed by atoms with Gasteiger partial charge in [-0.25, -0.2) is 12.8 Å². The van der Waals surface area contributed by atoms with E-state index in [-0.39, 0.29) is 12.4 Å². The molecule has 2 N–H and O–H groups in total. The normalized spacial score (nSPS) is 11.3. The van der Waals surface area contributed by atoms with Gasteiger partial charge in [-0.1, -0.05) is 24.3 Å². The Balaban J connectivity index is 1.59. The molecule has 0 saturated heterocycles. The molecule has 4 rings (SSSR count). The maximum absolute atomic E-state index is 14.6. The van der Waals surface area contributed by atoms with E-state index in [1.165, 1.54) is 17.4 Å². The summed E-state index contributed by atoms with van der Waals surface area (Å²) in [6, 6.07) is 20.2. The summed E-state index contributed by atoms with van der Waals surface area (Å²) in [7, 11) is -3.39. The summed E-state index contributed by atoms with van der Waals surface area (Å²) >= 11 is 1.19. The van der Waals surface area contributed by atoms with Gasteiger partial charge in [0.15, 0.2) is 0 Å². The lowest BCUT2D eigenvalue weighted by Gasteiger charge is -2.10. The van der Waals surface area contributed by atoms with Gasteiger partial charge in [-0.15, -0.1) is 11.3 Å². The van der Waals surface area contributed by atoms with E-state index in [0.29, 0.717) is 37.7 Å². The summed E-state index contributed by atoms with van der Waals surface area (Å²) in [5, 5.41) is 3.17. The topological polar surface area (TPSA) is 84.5 Å². The number of hydrogen-bond acceptors (Lipinski definition) is 5. The minimum Gasteiger partial charge on any atom is -0.489 e. The number of carbonyl (C=O) groups is 1. The standard InChI is InChI=1S/C24H21FN2O4S2/c1-2-33(29,30)27-17-13-11-16(12-14-17)26-24(28)23-19(15-31-18-7-4-3-5-8-18)22-20(25)9-6-10-21(22)32-23/h3-14,27H,2,15H2,1H3,(H,26,28). The molecule has 1 aromatic heterocycles. The predicted molar refractivity (Wildman–Crippen MR) is 130 cm³/mol. The summed E-state index contributed by atoms with van der Waals surface area (Å²) in [6.45, 7) is 1.58. The molecule has 0 unspecified atom stereocenters. The van der Waals surface area contributed by atoms with Crippen LogP contribution in [0.25, 0.3) is 10.1 Å². The summed E-state index contributed by atoms with van der Waals surface area (Å²) in [5.74, 6) is -0.238. The number of sulfonamides is 1. The quantitative estimate of drug-likeness (QED) is 0.339. The van der Waals surface area contributed by atoms with Crippen LogP contribution in [-0.2, 0) is 16.6 Å². The van der Waals surface area contributed by atoms with Gasteiger partial charge in [0, 0.05) is 27.0 Å². The highest BCUT2D eigenvalue weighted by molar-refractivity contribution is 7.92. The Bertz CT molecular complexity index is 1390. The summed E-state index contributed by atoms with van der Waals surface area (Å²) < 4.78 is 47.0. The molecular weight excluding hydrogens is 463 g/mol. The molecule has 0 aliphatic rings. The molecule has 1 amide bonds. The SMILES string of the molecule is CCS(=O)(=O)Nc1ccc(NC(=O)c2sc3cccc(F)c3c2COc2ccccc2)cc1. The molecule has 0 atom stereocenters. The third-order valence-corrected chi connectivity index (χ3v) is 7.39. The van der Waals surface area contributed by atoms with E-state index in [1.807, 2.05) is 18.2 Å². The van der Waals surface area contributed by atoms with Crippen LogP contribution in [0, 0.1) is 5.82 Å². The lowest BCUT2D eigenvalue weighted by Crippen LogP contribution is -2.15. The first-order chi connectivity index (χ1) is 15.9. The number of nitrogens with one attached hydrogen (secondary N) is 2. The van der Waals surface area contributed by atoms with E-state index in [2.05, 4.69) is 10.0 Å². The highest BCUT2D eigenvalue weighted by Gasteiger charge is 2.21. The minimum absolute atomic E-state index is 0.0332. The fraction of sp³-hybridized carbons (Fsp3) is 0.125. The Morgan fingerprint density at radius 1 is 0.970 bits per heavy atom. The Labute approximate surface area is 195 Å². The molecule has 0 bridgehead atoms. The monoisotopic (exact) mass is 484 g/mol. The molecule has 6 nitrogen and oxygen atoms in total. The fourth-order valence-corrected chi connectivity index (χ4v) is 4.98. The molecule has 0 fully saturated rings. The van der Waals surface area contributed by atoms with Crippen molar-refractivity contribution in [2.24, 2.45) is 0 Å². The molecule has 3 aromatic carbocycles. The number of rotatable bonds is 8. The number of thiophene rings is 1. The molecule has 0 radical (unpaired) electrons.